The number of amides is 3. The Morgan fingerprint density at radius 3 is 2.46 bits per heavy atom. The molecule has 0 bridgehead atoms. The quantitative estimate of drug-likeness (QED) is 0.211. The number of nitrogens with zero attached hydrogens (tertiary/aromatic N) is 6. The van der Waals surface area contributed by atoms with Gasteiger partial charge in [-0.05, 0) is 78.6 Å². The monoisotopic (exact) mass is 655 g/mol. The minimum absolute atomic E-state index is 0.0808. The predicted octanol–water partition coefficient (Wildman–Crippen LogP) is 7.14. The molecule has 0 unspecified atom stereocenters. The van der Waals surface area contributed by atoms with E-state index in [0.29, 0.717) is 39.4 Å². The molecule has 3 aromatic carbocycles. The molecule has 2 heterocycles. The molecule has 0 saturated carbocycles. The number of nitrogens with one attached hydrogen (secondary N) is 1. The summed E-state index contributed by atoms with van der Waals surface area (Å²) in [5.74, 6) is -0.769. The van der Waals surface area contributed by atoms with Crippen LogP contribution in [0.2, 0.25) is 0 Å². The SMILES string of the molecule is Cc1cc(-n2cnc(-c3ccc(OC(F)(F)F)cc3)n2)ccc1NC(=O)N=C1SCC(=O)N1c1cc(N(C)C)c(F)cc1C(C)C. The summed E-state index contributed by atoms with van der Waals surface area (Å²) in [5.41, 5.74) is 3.65. The number of amidine groups is 1. The van der Waals surface area contributed by atoms with Crippen LogP contribution in [0.15, 0.2) is 65.9 Å². The first kappa shape index (κ1) is 32.5. The van der Waals surface area contributed by atoms with Crippen molar-refractivity contribution in [2.45, 2.75) is 33.1 Å². The number of hydrogen-bond acceptors (Lipinski definition) is 7. The van der Waals surface area contributed by atoms with Crippen LogP contribution in [0.1, 0.15) is 30.9 Å². The topological polar surface area (TPSA) is 105 Å². The van der Waals surface area contributed by atoms with Crippen LogP contribution in [-0.2, 0) is 4.79 Å². The van der Waals surface area contributed by atoms with Gasteiger partial charge >= 0.3 is 12.4 Å². The maximum Gasteiger partial charge on any atom is 0.573 e. The first-order valence-corrected chi connectivity index (χ1v) is 14.9. The summed E-state index contributed by atoms with van der Waals surface area (Å²) < 4.78 is 57.5. The Kier molecular flexibility index (Phi) is 9.06. The summed E-state index contributed by atoms with van der Waals surface area (Å²) in [7, 11) is 3.41. The number of benzene rings is 3. The van der Waals surface area contributed by atoms with Crippen molar-refractivity contribution in [2.75, 3.05) is 35.0 Å². The number of carbonyl (C=O) groups excluding carboxylic acids is 2. The van der Waals surface area contributed by atoms with Crippen molar-refractivity contribution < 1.29 is 31.9 Å². The fraction of sp³-hybridized carbons (Fsp3) is 0.258. The second-order valence-corrected chi connectivity index (χ2v) is 11.8. The van der Waals surface area contributed by atoms with Crippen molar-refractivity contribution in [1.29, 1.82) is 0 Å². The van der Waals surface area contributed by atoms with Gasteiger partial charge < -0.3 is 15.0 Å². The third-order valence-electron chi connectivity index (χ3n) is 6.96. The van der Waals surface area contributed by atoms with Gasteiger partial charge in [0.05, 0.1) is 22.8 Å². The first-order chi connectivity index (χ1) is 21.7. The highest BCUT2D eigenvalue weighted by molar-refractivity contribution is 8.15. The molecule has 1 aromatic heterocycles. The Labute approximate surface area is 266 Å². The number of aromatic nitrogens is 3. The number of urea groups is 1. The van der Waals surface area contributed by atoms with E-state index in [1.807, 2.05) is 13.8 Å². The number of aryl methyl sites for hydroxylation is 1. The van der Waals surface area contributed by atoms with Gasteiger partial charge in [-0.2, -0.15) is 4.99 Å². The maximum absolute atomic E-state index is 14.8. The van der Waals surface area contributed by atoms with Crippen LogP contribution >= 0.6 is 11.8 Å². The molecule has 3 amide bonds. The van der Waals surface area contributed by atoms with Gasteiger partial charge in [-0.1, -0.05) is 25.6 Å². The molecule has 10 nitrogen and oxygen atoms in total. The Morgan fingerprint density at radius 2 is 1.83 bits per heavy atom. The van der Waals surface area contributed by atoms with Gasteiger partial charge in [-0.15, -0.1) is 18.3 Å². The van der Waals surface area contributed by atoms with Crippen LogP contribution in [0.5, 0.6) is 5.75 Å². The van der Waals surface area contributed by atoms with E-state index in [-0.39, 0.29) is 34.3 Å². The van der Waals surface area contributed by atoms with Gasteiger partial charge in [0, 0.05) is 25.3 Å². The normalized spacial score (nSPS) is 14.3. The number of halogens is 4. The van der Waals surface area contributed by atoms with E-state index in [2.05, 4.69) is 25.1 Å². The second-order valence-electron chi connectivity index (χ2n) is 10.8. The Morgan fingerprint density at radius 1 is 1.11 bits per heavy atom. The molecule has 0 radical (unpaired) electrons. The van der Waals surface area contributed by atoms with Gasteiger partial charge in [0.15, 0.2) is 11.0 Å². The summed E-state index contributed by atoms with van der Waals surface area (Å²) in [6, 6.07) is 12.6. The molecule has 46 heavy (non-hydrogen) atoms. The van der Waals surface area contributed by atoms with E-state index in [1.54, 1.807) is 50.2 Å². The Hall–Kier alpha value is -4.92. The number of rotatable bonds is 7. The van der Waals surface area contributed by atoms with E-state index in [0.717, 1.165) is 11.8 Å². The fourth-order valence-electron chi connectivity index (χ4n) is 4.73. The van der Waals surface area contributed by atoms with Gasteiger partial charge in [-0.3, -0.25) is 9.69 Å². The molecule has 1 N–H and O–H groups in total. The standard InChI is InChI=1S/C31H29F4N7O3S/c1-17(2)22-13-23(32)26(40(4)5)14-25(22)42-27(43)15-46-30(42)38-29(44)37-24-11-8-20(12-18(24)3)41-16-36-28(39-41)19-6-9-21(10-7-19)45-31(33,34)35/h6-14,16-17H,15H2,1-5H3,(H,37,44). The summed E-state index contributed by atoms with van der Waals surface area (Å²) >= 11 is 1.12. The molecular weight excluding hydrogens is 626 g/mol. The predicted molar refractivity (Wildman–Crippen MR) is 169 cm³/mol. The zero-order chi connectivity index (χ0) is 33.3. The highest BCUT2D eigenvalue weighted by Crippen LogP contribution is 2.37. The van der Waals surface area contributed by atoms with Crippen LogP contribution in [0, 0.1) is 12.7 Å². The molecule has 1 aliphatic rings. The third-order valence-corrected chi connectivity index (χ3v) is 7.88. The highest BCUT2D eigenvalue weighted by atomic mass is 32.2. The van der Waals surface area contributed by atoms with Crippen molar-refractivity contribution in [3.05, 3.63) is 77.9 Å². The molecule has 1 fully saturated rings. The number of ether oxygens (including phenoxy) is 1. The maximum atomic E-state index is 14.8. The molecule has 1 saturated heterocycles. The summed E-state index contributed by atoms with van der Waals surface area (Å²) in [4.78, 5) is 37.4. The van der Waals surface area contributed by atoms with Gasteiger partial charge in [0.2, 0.25) is 5.91 Å². The number of anilines is 3. The van der Waals surface area contributed by atoms with E-state index in [9.17, 15) is 27.2 Å². The van der Waals surface area contributed by atoms with Gasteiger partial charge in [0.1, 0.15) is 17.9 Å². The molecule has 0 spiro atoms. The van der Waals surface area contributed by atoms with Crippen molar-refractivity contribution in [3.8, 4) is 22.8 Å². The number of alkyl halides is 3. The van der Waals surface area contributed by atoms with Crippen molar-refractivity contribution in [2.24, 2.45) is 4.99 Å². The number of thioether (sulfide) groups is 1. The van der Waals surface area contributed by atoms with Gasteiger partial charge in [0.25, 0.3) is 0 Å². The molecule has 0 atom stereocenters. The van der Waals surface area contributed by atoms with Crippen LogP contribution in [0.4, 0.5) is 39.4 Å². The number of carbonyl (C=O) groups is 2. The largest absolute Gasteiger partial charge is 0.573 e. The van der Waals surface area contributed by atoms with Crippen molar-refractivity contribution in [1.82, 2.24) is 14.8 Å². The molecule has 240 valence electrons. The molecule has 1 aliphatic heterocycles. The third kappa shape index (κ3) is 7.14. The summed E-state index contributed by atoms with van der Waals surface area (Å²) in [6.07, 6.45) is -3.33. The molecule has 4 aromatic rings. The Bertz CT molecular complexity index is 1820. The van der Waals surface area contributed by atoms with Gasteiger partial charge in [-0.25, -0.2) is 18.9 Å². The first-order valence-electron chi connectivity index (χ1n) is 13.9. The average Bonchev–Trinajstić information content (AvgIpc) is 3.60. The number of aliphatic imine (C=N–C) groups is 1. The molecule has 0 aliphatic carbocycles. The lowest BCUT2D eigenvalue weighted by Crippen LogP contribution is -2.31. The number of hydrogen-bond donors (Lipinski definition) is 1. The van der Waals surface area contributed by atoms with E-state index >= 15 is 0 Å². The zero-order valence-electron chi connectivity index (χ0n) is 25.4. The molecule has 15 heteroatoms. The highest BCUT2D eigenvalue weighted by Gasteiger charge is 2.34. The fourth-order valence-corrected chi connectivity index (χ4v) is 5.59. The van der Waals surface area contributed by atoms with E-state index in [4.69, 9.17) is 0 Å². The second kappa shape index (κ2) is 12.8. The lowest BCUT2D eigenvalue weighted by atomic mass is 9.99. The summed E-state index contributed by atoms with van der Waals surface area (Å²) in [6.45, 7) is 5.57. The van der Waals surface area contributed by atoms with Crippen molar-refractivity contribution in [3.63, 3.8) is 0 Å². The minimum Gasteiger partial charge on any atom is -0.406 e. The van der Waals surface area contributed by atoms with Crippen LogP contribution in [0.3, 0.4) is 0 Å². The minimum atomic E-state index is -4.79. The summed E-state index contributed by atoms with van der Waals surface area (Å²) in [5, 5.41) is 7.34. The zero-order valence-corrected chi connectivity index (χ0v) is 26.2. The van der Waals surface area contributed by atoms with Crippen LogP contribution in [0.25, 0.3) is 17.1 Å². The van der Waals surface area contributed by atoms with Crippen LogP contribution < -0.4 is 19.9 Å². The Balaban J connectivity index is 1.33. The smallest absolute Gasteiger partial charge is 0.406 e. The van der Waals surface area contributed by atoms with Crippen LogP contribution in [-0.4, -0.2) is 58.1 Å². The lowest BCUT2D eigenvalue weighted by molar-refractivity contribution is -0.274. The lowest BCUT2D eigenvalue weighted by Gasteiger charge is -2.24. The molecule has 5 rings (SSSR count). The van der Waals surface area contributed by atoms with E-state index in [1.165, 1.54) is 46.2 Å². The average molecular weight is 656 g/mol. The van der Waals surface area contributed by atoms with E-state index < -0.39 is 18.2 Å². The molecular formula is C31H29F4N7O3S. The van der Waals surface area contributed by atoms with Crippen molar-refractivity contribution >= 4 is 45.9 Å².